The zero-order valence-corrected chi connectivity index (χ0v) is 19.4. The summed E-state index contributed by atoms with van der Waals surface area (Å²) in [5.41, 5.74) is 3.55. The third-order valence-electron chi connectivity index (χ3n) is 7.15. The van der Waals surface area contributed by atoms with Crippen LogP contribution in [0.25, 0.3) is 27.9 Å². The van der Waals surface area contributed by atoms with Gasteiger partial charge in [-0.05, 0) is 61.9 Å². The zero-order chi connectivity index (χ0) is 24.5. The van der Waals surface area contributed by atoms with Crippen molar-refractivity contribution in [2.24, 2.45) is 11.8 Å². The number of aliphatic carboxylic acids is 1. The Balaban J connectivity index is 1.38. The highest BCUT2D eigenvalue weighted by Crippen LogP contribution is 2.36. The third-order valence-corrected chi connectivity index (χ3v) is 7.15. The topological polar surface area (TPSA) is 117 Å². The highest BCUT2D eigenvalue weighted by Gasteiger charge is 2.34. The molecule has 2 aliphatic rings. The van der Waals surface area contributed by atoms with Crippen LogP contribution in [0.4, 0.5) is 4.39 Å². The lowest BCUT2D eigenvalue weighted by Gasteiger charge is -2.30. The molecule has 5 rings (SSSR count). The molecule has 1 aromatic carbocycles. The second-order valence-electron chi connectivity index (χ2n) is 9.20. The monoisotopic (exact) mass is 478 g/mol. The normalized spacial score (nSPS) is 22.6. The number of hydrogen-bond acceptors (Lipinski definition) is 6. The summed E-state index contributed by atoms with van der Waals surface area (Å²) in [4.78, 5) is 36.5. The number of carboxylic acids is 1. The van der Waals surface area contributed by atoms with Crippen molar-refractivity contribution >= 4 is 28.4 Å². The van der Waals surface area contributed by atoms with Gasteiger partial charge in [0.15, 0.2) is 5.78 Å². The largest absolute Gasteiger partial charge is 0.496 e. The molecule has 0 bridgehead atoms. The SMILES string of the molecule is COc1ccc(F)cc1-c1ncnc2[nH]c(C3=CCNC(C(=O)[C@H]4CC[C@H](C(=O)O)CC4)C3)cc12. The molecule has 0 radical (unpaired) electrons. The molecule has 0 spiro atoms. The zero-order valence-electron chi connectivity index (χ0n) is 19.4. The van der Waals surface area contributed by atoms with Crippen LogP contribution in [0, 0.1) is 17.7 Å². The average molecular weight is 479 g/mol. The van der Waals surface area contributed by atoms with Crippen LogP contribution >= 0.6 is 0 Å². The number of ketones is 1. The van der Waals surface area contributed by atoms with Gasteiger partial charge in [-0.3, -0.25) is 9.59 Å². The van der Waals surface area contributed by atoms with Crippen LogP contribution in [0.3, 0.4) is 0 Å². The van der Waals surface area contributed by atoms with Gasteiger partial charge in [-0.2, -0.15) is 0 Å². The second kappa shape index (κ2) is 9.58. The predicted molar refractivity (Wildman–Crippen MR) is 128 cm³/mol. The minimum absolute atomic E-state index is 0.108. The van der Waals surface area contributed by atoms with Gasteiger partial charge in [0.2, 0.25) is 0 Å². The molecule has 0 saturated heterocycles. The summed E-state index contributed by atoms with van der Waals surface area (Å²) in [6, 6.07) is 5.92. The lowest BCUT2D eigenvalue weighted by Crippen LogP contribution is -2.43. The molecule has 9 heteroatoms. The first kappa shape index (κ1) is 23.2. The van der Waals surface area contributed by atoms with Gasteiger partial charge in [-0.1, -0.05) is 6.08 Å². The molecular weight excluding hydrogens is 451 g/mol. The number of carboxylic acid groups (broad SMARTS) is 1. The molecule has 1 aliphatic heterocycles. The van der Waals surface area contributed by atoms with Crippen LogP contribution < -0.4 is 10.1 Å². The second-order valence-corrected chi connectivity index (χ2v) is 9.20. The molecular formula is C26H27FN4O4. The quantitative estimate of drug-likeness (QED) is 0.491. The summed E-state index contributed by atoms with van der Waals surface area (Å²) in [5, 5.41) is 13.3. The number of rotatable bonds is 6. The van der Waals surface area contributed by atoms with E-state index in [2.05, 4.69) is 20.3 Å². The number of carbonyl (C=O) groups is 2. The van der Waals surface area contributed by atoms with Crippen molar-refractivity contribution in [3.8, 4) is 17.0 Å². The van der Waals surface area contributed by atoms with Crippen LogP contribution in [-0.4, -0.2) is 51.5 Å². The molecule has 1 saturated carbocycles. The minimum atomic E-state index is -0.769. The van der Waals surface area contributed by atoms with E-state index in [-0.39, 0.29) is 29.5 Å². The van der Waals surface area contributed by atoms with Gasteiger partial charge in [-0.25, -0.2) is 14.4 Å². The summed E-state index contributed by atoms with van der Waals surface area (Å²) in [7, 11) is 1.53. The lowest BCUT2D eigenvalue weighted by atomic mass is 9.77. The number of fused-ring (bicyclic) bond motifs is 1. The predicted octanol–water partition coefficient (Wildman–Crippen LogP) is 3.98. The van der Waals surface area contributed by atoms with Crippen LogP contribution in [-0.2, 0) is 9.59 Å². The van der Waals surface area contributed by atoms with E-state index in [9.17, 15) is 19.1 Å². The molecule has 0 amide bonds. The molecule has 3 heterocycles. The van der Waals surface area contributed by atoms with Crippen molar-refractivity contribution in [2.45, 2.75) is 38.1 Å². The molecule has 8 nitrogen and oxygen atoms in total. The number of aromatic nitrogens is 3. The molecule has 3 N–H and O–H groups in total. The number of nitrogens with zero attached hydrogens (tertiary/aromatic N) is 2. The minimum Gasteiger partial charge on any atom is -0.496 e. The Morgan fingerprint density at radius 3 is 2.63 bits per heavy atom. The van der Waals surface area contributed by atoms with E-state index >= 15 is 0 Å². The van der Waals surface area contributed by atoms with Crippen molar-refractivity contribution in [3.05, 3.63) is 48.2 Å². The number of ether oxygens (including phenoxy) is 1. The first-order valence-corrected chi connectivity index (χ1v) is 11.8. The maximum absolute atomic E-state index is 14.0. The van der Waals surface area contributed by atoms with Crippen LogP contribution in [0.15, 0.2) is 36.7 Å². The van der Waals surface area contributed by atoms with Gasteiger partial charge >= 0.3 is 5.97 Å². The number of nitrogens with one attached hydrogen (secondary N) is 2. The fourth-order valence-electron chi connectivity index (χ4n) is 5.22. The average Bonchev–Trinajstić information content (AvgIpc) is 3.33. The molecule has 1 aliphatic carbocycles. The van der Waals surface area contributed by atoms with E-state index in [1.54, 1.807) is 6.07 Å². The van der Waals surface area contributed by atoms with Crippen LogP contribution in [0.1, 0.15) is 37.8 Å². The van der Waals surface area contributed by atoms with Crippen molar-refractivity contribution in [1.29, 1.82) is 0 Å². The maximum atomic E-state index is 14.0. The Hall–Kier alpha value is -3.59. The molecule has 1 unspecified atom stereocenters. The number of benzene rings is 1. The molecule has 1 atom stereocenters. The summed E-state index contributed by atoms with van der Waals surface area (Å²) in [5.74, 6) is -0.938. The van der Waals surface area contributed by atoms with Crippen LogP contribution in [0.5, 0.6) is 5.75 Å². The molecule has 1 fully saturated rings. The van der Waals surface area contributed by atoms with E-state index in [1.807, 2.05) is 12.1 Å². The Bertz CT molecular complexity index is 1310. The van der Waals surface area contributed by atoms with Gasteiger partial charge in [0.05, 0.1) is 24.8 Å². The van der Waals surface area contributed by atoms with Gasteiger partial charge in [0.25, 0.3) is 0 Å². The summed E-state index contributed by atoms with van der Waals surface area (Å²) < 4.78 is 19.4. The Morgan fingerprint density at radius 1 is 1.11 bits per heavy atom. The van der Waals surface area contributed by atoms with Crippen molar-refractivity contribution in [3.63, 3.8) is 0 Å². The summed E-state index contributed by atoms with van der Waals surface area (Å²) in [6.07, 6.45) is 6.34. The number of Topliss-reactive ketones (excluding diaryl/α,β-unsaturated/α-hetero) is 1. The Labute approximate surface area is 201 Å². The highest BCUT2D eigenvalue weighted by molar-refractivity contribution is 5.95. The smallest absolute Gasteiger partial charge is 0.306 e. The van der Waals surface area contributed by atoms with Crippen molar-refractivity contribution in [1.82, 2.24) is 20.3 Å². The molecule has 35 heavy (non-hydrogen) atoms. The number of halogens is 1. The Kier molecular flexibility index (Phi) is 6.34. The fourth-order valence-corrected chi connectivity index (χ4v) is 5.22. The maximum Gasteiger partial charge on any atom is 0.306 e. The third kappa shape index (κ3) is 4.55. The summed E-state index contributed by atoms with van der Waals surface area (Å²) >= 11 is 0. The van der Waals surface area contributed by atoms with Gasteiger partial charge in [0.1, 0.15) is 23.5 Å². The van der Waals surface area contributed by atoms with Gasteiger partial charge < -0.3 is 20.1 Å². The fraction of sp³-hybridized carbons (Fsp3) is 0.385. The Morgan fingerprint density at radius 2 is 1.89 bits per heavy atom. The molecule has 3 aromatic rings. The van der Waals surface area contributed by atoms with E-state index in [0.29, 0.717) is 61.3 Å². The van der Waals surface area contributed by atoms with E-state index < -0.39 is 5.97 Å². The van der Waals surface area contributed by atoms with E-state index in [0.717, 1.165) is 16.7 Å². The highest BCUT2D eigenvalue weighted by atomic mass is 19.1. The summed E-state index contributed by atoms with van der Waals surface area (Å²) in [6.45, 7) is 0.557. The van der Waals surface area contributed by atoms with Gasteiger partial charge in [0, 0.05) is 29.1 Å². The first-order chi connectivity index (χ1) is 16.9. The number of H-pyrrole nitrogens is 1. The first-order valence-electron chi connectivity index (χ1n) is 11.8. The number of hydrogen-bond donors (Lipinski definition) is 3. The van der Waals surface area contributed by atoms with E-state index in [1.165, 1.54) is 25.6 Å². The number of aromatic amines is 1. The van der Waals surface area contributed by atoms with Crippen LogP contribution in [0.2, 0.25) is 0 Å². The van der Waals surface area contributed by atoms with Crippen molar-refractivity contribution < 1.29 is 23.8 Å². The lowest BCUT2D eigenvalue weighted by molar-refractivity contribution is -0.144. The van der Waals surface area contributed by atoms with E-state index in [4.69, 9.17) is 4.74 Å². The molecule has 182 valence electrons. The number of carbonyl (C=O) groups excluding carboxylic acids is 1. The van der Waals surface area contributed by atoms with Gasteiger partial charge in [-0.15, -0.1) is 0 Å². The molecule has 2 aromatic heterocycles. The van der Waals surface area contributed by atoms with Crippen molar-refractivity contribution in [2.75, 3.05) is 13.7 Å². The number of methoxy groups -OCH3 is 1. The standard InChI is InChI=1S/C26H27FN4O4/c1-35-22-7-6-17(27)11-18(22)23-19-12-20(31-25(19)30-13-29-23)16-8-9-28-21(10-16)24(32)14-2-4-15(5-3-14)26(33)34/h6-8,11-15,21,28H,2-5,9-10H2,1H3,(H,33,34)(H,29,30,31)/t14-,15-,21?.